The molecule has 4 rings (SSSR count). The molecule has 0 saturated heterocycles. The van der Waals surface area contributed by atoms with Gasteiger partial charge in [0.25, 0.3) is 12.2 Å². The second-order valence-electron chi connectivity index (χ2n) is 7.70. The quantitative estimate of drug-likeness (QED) is 0.422. The van der Waals surface area contributed by atoms with E-state index in [4.69, 9.17) is 6.57 Å². The van der Waals surface area contributed by atoms with E-state index in [0.29, 0.717) is 5.52 Å². The van der Waals surface area contributed by atoms with Crippen LogP contribution >= 0.6 is 0 Å². The number of halogens is 3. The van der Waals surface area contributed by atoms with Crippen LogP contribution in [0.5, 0.6) is 0 Å². The van der Waals surface area contributed by atoms with E-state index >= 15 is 0 Å². The molecule has 4 heterocycles. The number of amides is 1. The van der Waals surface area contributed by atoms with Crippen molar-refractivity contribution < 1.29 is 18.0 Å². The summed E-state index contributed by atoms with van der Waals surface area (Å²) < 4.78 is 41.5. The summed E-state index contributed by atoms with van der Waals surface area (Å²) >= 11 is 0. The van der Waals surface area contributed by atoms with Crippen LogP contribution in [0.1, 0.15) is 18.8 Å². The Kier molecular flexibility index (Phi) is 6.15. The number of anilines is 1. The Bertz CT molecular complexity index is 1630. The maximum atomic E-state index is 13.0. The monoisotopic (exact) mass is 498 g/mol. The van der Waals surface area contributed by atoms with Crippen molar-refractivity contribution in [3.05, 3.63) is 80.9 Å². The topological polar surface area (TPSA) is 121 Å². The Morgan fingerprint density at radius 2 is 1.89 bits per heavy atom. The summed E-state index contributed by atoms with van der Waals surface area (Å²) in [7, 11) is 1.46. The summed E-state index contributed by atoms with van der Waals surface area (Å²) in [5.74, 6) is -1.72. The van der Waals surface area contributed by atoms with Gasteiger partial charge in [-0.25, -0.2) is 26.3 Å². The summed E-state index contributed by atoms with van der Waals surface area (Å²) in [5.41, 5.74) is -0.523. The average Bonchev–Trinajstić information content (AvgIpc) is 3.30. The number of nitrogens with one attached hydrogen (secondary N) is 1. The second kappa shape index (κ2) is 9.10. The first-order chi connectivity index (χ1) is 17.0. The van der Waals surface area contributed by atoms with Gasteiger partial charge in [-0.05, 0) is 25.1 Å². The smallest absolute Gasteiger partial charge is 0.330 e. The van der Waals surface area contributed by atoms with Crippen LogP contribution in [0.3, 0.4) is 0 Å². The molecule has 11 nitrogen and oxygen atoms in total. The number of alkyl halides is 3. The highest BCUT2D eigenvalue weighted by Gasteiger charge is 2.34. The van der Waals surface area contributed by atoms with E-state index in [2.05, 4.69) is 25.1 Å². The van der Waals surface area contributed by atoms with Gasteiger partial charge in [-0.15, -0.1) is 0 Å². The third-order valence-corrected chi connectivity index (χ3v) is 5.43. The molecule has 4 aromatic heterocycles. The summed E-state index contributed by atoms with van der Waals surface area (Å²) in [6, 6.07) is 5.15. The summed E-state index contributed by atoms with van der Waals surface area (Å²) in [4.78, 5) is 52.2. The standard InChI is InChI=1S/C22H17F3N8O3/c1-12(32-8-7-15-17(32)19(35)33(11-26-2)21(36)31(15)3)18(34)30-16-6-4-5-14(29-16)13-9-27-20(28-10-13)22(23,24)25/h4-10,12H,11H2,1,3H3,(H,29,30,34). The number of aryl methyl sites for hydroxylation is 1. The van der Waals surface area contributed by atoms with Gasteiger partial charge in [0.05, 0.1) is 11.2 Å². The molecule has 1 atom stereocenters. The van der Waals surface area contributed by atoms with Crippen molar-refractivity contribution in [1.29, 1.82) is 0 Å². The second-order valence-corrected chi connectivity index (χ2v) is 7.70. The van der Waals surface area contributed by atoms with Crippen LogP contribution in [-0.2, 0) is 24.7 Å². The summed E-state index contributed by atoms with van der Waals surface area (Å²) in [5, 5.41) is 2.61. The predicted molar refractivity (Wildman–Crippen MR) is 122 cm³/mol. The molecule has 0 radical (unpaired) electrons. The van der Waals surface area contributed by atoms with Crippen LogP contribution in [0.25, 0.3) is 27.1 Å². The third kappa shape index (κ3) is 4.33. The van der Waals surface area contributed by atoms with Gasteiger partial charge < -0.3 is 9.88 Å². The molecule has 36 heavy (non-hydrogen) atoms. The van der Waals surface area contributed by atoms with E-state index in [1.165, 1.54) is 47.5 Å². The van der Waals surface area contributed by atoms with Crippen molar-refractivity contribution in [1.82, 2.24) is 28.7 Å². The zero-order chi connectivity index (χ0) is 26.2. The van der Waals surface area contributed by atoms with E-state index in [0.717, 1.165) is 17.0 Å². The van der Waals surface area contributed by atoms with E-state index in [1.807, 2.05) is 0 Å². The van der Waals surface area contributed by atoms with Gasteiger partial charge in [0.15, 0.2) is 0 Å². The molecular weight excluding hydrogens is 481 g/mol. The zero-order valence-electron chi connectivity index (χ0n) is 18.8. The van der Waals surface area contributed by atoms with E-state index in [-0.39, 0.29) is 22.6 Å². The molecule has 0 fully saturated rings. The molecule has 0 aromatic carbocycles. The lowest BCUT2D eigenvalue weighted by Crippen LogP contribution is -2.39. The largest absolute Gasteiger partial charge is 0.451 e. The lowest BCUT2D eigenvalue weighted by atomic mass is 10.2. The van der Waals surface area contributed by atoms with Crippen LogP contribution in [0.15, 0.2) is 52.4 Å². The van der Waals surface area contributed by atoms with E-state index < -0.39 is 41.9 Å². The molecule has 184 valence electrons. The number of hydrogen-bond acceptors (Lipinski definition) is 6. The van der Waals surface area contributed by atoms with E-state index in [1.54, 1.807) is 6.07 Å². The van der Waals surface area contributed by atoms with Crippen molar-refractivity contribution in [3.63, 3.8) is 0 Å². The van der Waals surface area contributed by atoms with Gasteiger partial charge in [0, 0.05) is 31.2 Å². The van der Waals surface area contributed by atoms with Gasteiger partial charge in [-0.1, -0.05) is 6.07 Å². The first-order valence-corrected chi connectivity index (χ1v) is 10.3. The molecule has 1 amide bonds. The van der Waals surface area contributed by atoms with Crippen LogP contribution in [0.4, 0.5) is 19.0 Å². The van der Waals surface area contributed by atoms with Gasteiger partial charge in [0.1, 0.15) is 17.4 Å². The maximum Gasteiger partial charge on any atom is 0.451 e. The van der Waals surface area contributed by atoms with Gasteiger partial charge in [-0.3, -0.25) is 19.0 Å². The molecule has 0 aliphatic rings. The first-order valence-electron chi connectivity index (χ1n) is 10.3. The van der Waals surface area contributed by atoms with Crippen molar-refractivity contribution in [2.24, 2.45) is 7.05 Å². The van der Waals surface area contributed by atoms with Crippen LogP contribution in [0.2, 0.25) is 0 Å². The minimum Gasteiger partial charge on any atom is -0.330 e. The van der Waals surface area contributed by atoms with Crippen molar-refractivity contribution in [3.8, 4) is 11.3 Å². The molecule has 14 heteroatoms. The fourth-order valence-electron chi connectivity index (χ4n) is 3.57. The van der Waals surface area contributed by atoms with Crippen LogP contribution < -0.4 is 16.6 Å². The minimum atomic E-state index is -4.67. The summed E-state index contributed by atoms with van der Waals surface area (Å²) in [6.45, 7) is 8.08. The minimum absolute atomic E-state index is 0.0759. The van der Waals surface area contributed by atoms with Gasteiger partial charge in [-0.2, -0.15) is 17.7 Å². The zero-order valence-corrected chi connectivity index (χ0v) is 18.8. The number of hydrogen-bond donors (Lipinski definition) is 1. The highest BCUT2D eigenvalue weighted by atomic mass is 19.4. The predicted octanol–water partition coefficient (Wildman–Crippen LogP) is 2.45. The Morgan fingerprint density at radius 1 is 1.19 bits per heavy atom. The van der Waals surface area contributed by atoms with Gasteiger partial charge >= 0.3 is 11.9 Å². The Morgan fingerprint density at radius 3 is 2.53 bits per heavy atom. The fourth-order valence-corrected chi connectivity index (χ4v) is 3.57. The number of fused-ring (bicyclic) bond motifs is 1. The number of rotatable bonds is 5. The number of carbonyl (C=O) groups is 1. The lowest BCUT2D eigenvalue weighted by Gasteiger charge is -2.16. The number of carbonyl (C=O) groups excluding carboxylic acids is 1. The molecular formula is C22H17F3N8O3. The lowest BCUT2D eigenvalue weighted by molar-refractivity contribution is -0.145. The number of nitrogens with zero attached hydrogens (tertiary/aromatic N) is 7. The Hall–Kier alpha value is -4.80. The SMILES string of the molecule is [C-]#[N+]Cn1c(=O)c2c(ccn2C(C)C(=O)Nc2cccc(-c3cnc(C(F)(F)F)nc3)n2)n(C)c1=O. The number of pyridine rings is 1. The van der Waals surface area contributed by atoms with Crippen LogP contribution in [-0.4, -0.2) is 34.6 Å². The molecule has 0 aliphatic heterocycles. The van der Waals surface area contributed by atoms with E-state index in [9.17, 15) is 27.6 Å². The van der Waals surface area contributed by atoms with Crippen LogP contribution in [0, 0.1) is 6.57 Å². The maximum absolute atomic E-state index is 13.0. The molecule has 0 bridgehead atoms. The third-order valence-electron chi connectivity index (χ3n) is 5.43. The van der Waals surface area contributed by atoms with Crippen molar-refractivity contribution in [2.75, 3.05) is 5.32 Å². The highest BCUT2D eigenvalue weighted by molar-refractivity contribution is 5.94. The molecule has 0 aliphatic carbocycles. The Balaban J connectivity index is 1.62. The molecule has 4 aromatic rings. The Labute approximate surface area is 200 Å². The highest BCUT2D eigenvalue weighted by Crippen LogP contribution is 2.27. The normalized spacial score (nSPS) is 12.3. The average molecular weight is 498 g/mol. The molecule has 0 spiro atoms. The molecule has 0 saturated carbocycles. The molecule has 1 N–H and O–H groups in total. The van der Waals surface area contributed by atoms with Crippen molar-refractivity contribution in [2.45, 2.75) is 25.8 Å². The first kappa shape index (κ1) is 24.3. The fraction of sp³-hybridized carbons (Fsp3) is 0.227. The van der Waals surface area contributed by atoms with Crippen molar-refractivity contribution >= 4 is 22.8 Å². The molecule has 1 unspecified atom stereocenters. The summed E-state index contributed by atoms with van der Waals surface area (Å²) in [6.07, 6.45) is -1.22. The number of aromatic nitrogens is 6. The van der Waals surface area contributed by atoms with Gasteiger partial charge in [0.2, 0.25) is 11.7 Å².